The second-order valence-corrected chi connectivity index (χ2v) is 7.31. The van der Waals surface area contributed by atoms with Crippen molar-refractivity contribution in [3.05, 3.63) is 59.7 Å². The lowest BCUT2D eigenvalue weighted by Crippen LogP contribution is -2.43. The molecule has 4 N–H and O–H groups in total. The number of fused-ring (bicyclic) bond motifs is 2. The predicted octanol–water partition coefficient (Wildman–Crippen LogP) is 2.85. The molecule has 0 bridgehead atoms. The summed E-state index contributed by atoms with van der Waals surface area (Å²) in [4.78, 5) is 48.3. The fourth-order valence-corrected chi connectivity index (χ4v) is 3.82. The Hall–Kier alpha value is -3.94. The van der Waals surface area contributed by atoms with Crippen molar-refractivity contribution < 1.29 is 39.6 Å². The van der Waals surface area contributed by atoms with E-state index in [4.69, 9.17) is 0 Å². The summed E-state index contributed by atoms with van der Waals surface area (Å²) in [5.74, 6) is -6.40. The van der Waals surface area contributed by atoms with Gasteiger partial charge in [0.1, 0.15) is 0 Å². The third-order valence-corrected chi connectivity index (χ3v) is 5.64. The van der Waals surface area contributed by atoms with Gasteiger partial charge in [-0.3, -0.25) is 19.2 Å². The summed E-state index contributed by atoms with van der Waals surface area (Å²) in [7, 11) is 0. The molecule has 0 spiro atoms. The molecule has 3 aromatic carbocycles. The average Bonchev–Trinajstić information content (AvgIpc) is 2.70. The first-order chi connectivity index (χ1) is 14.0. The summed E-state index contributed by atoms with van der Waals surface area (Å²) in [6.07, 6.45) is 0. The second-order valence-electron chi connectivity index (χ2n) is 7.31. The fraction of sp³-hybridized carbons (Fsp3) is 0.182. The van der Waals surface area contributed by atoms with Crippen LogP contribution in [-0.4, -0.2) is 44.3 Å². The summed E-state index contributed by atoms with van der Waals surface area (Å²) in [6, 6.07) is 12.1. The summed E-state index contributed by atoms with van der Waals surface area (Å²) in [5.41, 5.74) is -4.81. The zero-order chi connectivity index (χ0) is 22.4. The number of aliphatic carboxylic acids is 4. The molecule has 0 amide bonds. The molecule has 0 atom stereocenters. The van der Waals surface area contributed by atoms with Crippen molar-refractivity contribution in [2.45, 2.75) is 24.7 Å². The molecule has 30 heavy (non-hydrogen) atoms. The normalized spacial score (nSPS) is 12.1. The third kappa shape index (κ3) is 2.61. The van der Waals surface area contributed by atoms with Crippen LogP contribution in [0.15, 0.2) is 48.5 Å². The topological polar surface area (TPSA) is 149 Å². The monoisotopic (exact) mass is 410 g/mol. The minimum Gasteiger partial charge on any atom is -0.480 e. The first kappa shape index (κ1) is 20.8. The maximum absolute atomic E-state index is 12.1. The quantitative estimate of drug-likeness (QED) is 0.358. The highest BCUT2D eigenvalue weighted by atomic mass is 16.4. The van der Waals surface area contributed by atoms with E-state index in [2.05, 4.69) is 0 Å². The fourth-order valence-electron chi connectivity index (χ4n) is 3.82. The maximum atomic E-state index is 12.1. The van der Waals surface area contributed by atoms with Gasteiger partial charge in [-0.25, -0.2) is 0 Å². The van der Waals surface area contributed by atoms with E-state index in [1.807, 2.05) is 0 Å². The lowest BCUT2D eigenvalue weighted by Gasteiger charge is -2.29. The molecule has 0 aliphatic rings. The molecule has 0 unspecified atom stereocenters. The molecule has 0 heterocycles. The molecule has 0 saturated heterocycles. The van der Waals surface area contributed by atoms with E-state index in [0.29, 0.717) is 0 Å². The maximum Gasteiger partial charge on any atom is 0.325 e. The Kier molecular flexibility index (Phi) is 4.74. The van der Waals surface area contributed by atoms with Crippen LogP contribution in [0.2, 0.25) is 0 Å². The van der Waals surface area contributed by atoms with Crippen LogP contribution in [0.1, 0.15) is 25.0 Å². The van der Waals surface area contributed by atoms with Gasteiger partial charge < -0.3 is 20.4 Å². The lowest BCUT2D eigenvalue weighted by molar-refractivity contribution is -0.158. The van der Waals surface area contributed by atoms with E-state index in [9.17, 15) is 39.6 Å². The van der Waals surface area contributed by atoms with Crippen LogP contribution in [-0.2, 0) is 30.0 Å². The Morgan fingerprint density at radius 1 is 0.533 bits per heavy atom. The highest BCUT2D eigenvalue weighted by molar-refractivity contribution is 6.19. The first-order valence-corrected chi connectivity index (χ1v) is 8.87. The molecule has 8 heteroatoms. The number of hydrogen-bond acceptors (Lipinski definition) is 4. The van der Waals surface area contributed by atoms with Crippen LogP contribution in [0.25, 0.3) is 21.5 Å². The lowest BCUT2D eigenvalue weighted by atomic mass is 9.71. The zero-order valence-corrected chi connectivity index (χ0v) is 16.0. The van der Waals surface area contributed by atoms with Crippen molar-refractivity contribution in [3.63, 3.8) is 0 Å². The SMILES string of the molecule is CC(C(=O)O)(C(=O)O)c1c2ccccc2c(C(C)(C(=O)O)C(=O)O)c2ccccc12. The minimum absolute atomic E-state index is 0.0458. The van der Waals surface area contributed by atoms with E-state index in [1.54, 1.807) is 24.3 Å². The van der Waals surface area contributed by atoms with Gasteiger partial charge in [0.05, 0.1) is 0 Å². The Morgan fingerprint density at radius 3 is 0.900 bits per heavy atom. The highest BCUT2D eigenvalue weighted by Crippen LogP contribution is 2.44. The number of carboxylic acid groups (broad SMARTS) is 4. The number of rotatable bonds is 6. The smallest absolute Gasteiger partial charge is 0.325 e. The number of carbonyl (C=O) groups is 4. The molecule has 3 rings (SSSR count). The summed E-state index contributed by atoms with van der Waals surface area (Å²) >= 11 is 0. The molecular formula is C22H18O8. The van der Waals surface area contributed by atoms with Gasteiger partial charge >= 0.3 is 23.9 Å². The predicted molar refractivity (Wildman–Crippen MR) is 107 cm³/mol. The zero-order valence-electron chi connectivity index (χ0n) is 16.0. The van der Waals surface area contributed by atoms with Gasteiger partial charge in [-0.1, -0.05) is 48.5 Å². The van der Waals surface area contributed by atoms with Crippen LogP contribution in [0.3, 0.4) is 0 Å². The first-order valence-electron chi connectivity index (χ1n) is 8.87. The molecular weight excluding hydrogens is 392 g/mol. The van der Waals surface area contributed by atoms with Gasteiger partial charge in [0, 0.05) is 0 Å². The van der Waals surface area contributed by atoms with Gasteiger partial charge in [0.15, 0.2) is 10.8 Å². The number of hydrogen-bond donors (Lipinski definition) is 4. The third-order valence-electron chi connectivity index (χ3n) is 5.64. The van der Waals surface area contributed by atoms with E-state index in [1.165, 1.54) is 24.3 Å². The summed E-state index contributed by atoms with van der Waals surface area (Å²) < 4.78 is 0. The van der Waals surface area contributed by atoms with Crippen LogP contribution < -0.4 is 0 Å². The molecule has 154 valence electrons. The molecule has 0 aromatic heterocycles. The van der Waals surface area contributed by atoms with Crippen LogP contribution in [0, 0.1) is 0 Å². The van der Waals surface area contributed by atoms with E-state index in [-0.39, 0.29) is 32.7 Å². The van der Waals surface area contributed by atoms with Gasteiger partial charge in [-0.2, -0.15) is 0 Å². The number of carboxylic acids is 4. The Balaban J connectivity index is 2.72. The van der Waals surface area contributed by atoms with Gasteiger partial charge in [-0.15, -0.1) is 0 Å². The van der Waals surface area contributed by atoms with Gasteiger partial charge in [-0.05, 0) is 46.5 Å². The standard InChI is InChI=1S/C22H18O8/c1-21(17(23)24,18(25)26)15-11-7-3-5-9-13(11)16(14-10-6-4-8-12(14)15)22(2,19(27)28)20(29)30/h3-10H,1-2H3,(H,23,24)(H,25,26)(H,27,28)(H,29,30). The molecule has 0 fully saturated rings. The van der Waals surface area contributed by atoms with Gasteiger partial charge in [0.25, 0.3) is 0 Å². The molecule has 8 nitrogen and oxygen atoms in total. The molecule has 0 radical (unpaired) electrons. The molecule has 0 aliphatic heterocycles. The largest absolute Gasteiger partial charge is 0.480 e. The average molecular weight is 410 g/mol. The molecule has 0 saturated carbocycles. The Labute approximate surface area is 170 Å². The molecule has 0 aliphatic carbocycles. The summed E-state index contributed by atoms with van der Waals surface area (Å²) in [6.45, 7) is 2.11. The minimum atomic E-state index is -2.36. The van der Waals surface area contributed by atoms with Crippen molar-refractivity contribution in [1.82, 2.24) is 0 Å². The van der Waals surface area contributed by atoms with Crippen LogP contribution in [0.4, 0.5) is 0 Å². The molecule has 3 aromatic rings. The Morgan fingerprint density at radius 2 is 0.733 bits per heavy atom. The number of benzene rings is 3. The van der Waals surface area contributed by atoms with E-state index in [0.717, 1.165) is 13.8 Å². The Bertz CT molecular complexity index is 1060. The van der Waals surface area contributed by atoms with Crippen molar-refractivity contribution in [3.8, 4) is 0 Å². The van der Waals surface area contributed by atoms with Crippen molar-refractivity contribution >= 4 is 45.4 Å². The van der Waals surface area contributed by atoms with Gasteiger partial charge in [0.2, 0.25) is 0 Å². The van der Waals surface area contributed by atoms with E-state index >= 15 is 0 Å². The highest BCUT2D eigenvalue weighted by Gasteiger charge is 2.49. The van der Waals surface area contributed by atoms with Crippen LogP contribution >= 0.6 is 0 Å². The summed E-state index contributed by atoms with van der Waals surface area (Å²) in [5, 5.41) is 39.9. The van der Waals surface area contributed by atoms with Crippen molar-refractivity contribution in [1.29, 1.82) is 0 Å². The second kappa shape index (κ2) is 6.84. The van der Waals surface area contributed by atoms with E-state index < -0.39 is 34.7 Å². The van der Waals surface area contributed by atoms with Crippen molar-refractivity contribution in [2.75, 3.05) is 0 Å². The van der Waals surface area contributed by atoms with Crippen LogP contribution in [0.5, 0.6) is 0 Å². The van der Waals surface area contributed by atoms with Crippen molar-refractivity contribution in [2.24, 2.45) is 0 Å².